The van der Waals surface area contributed by atoms with Crippen LogP contribution in [0, 0.1) is 0 Å². The van der Waals surface area contributed by atoms with Crippen LogP contribution in [-0.2, 0) is 22.3 Å². The molecule has 1 aromatic carbocycles. The zero-order chi connectivity index (χ0) is 20.3. The quantitative estimate of drug-likeness (QED) is 0.515. The number of Topliss-reactive ketones (excluding diaryl/α,β-unsaturated/α-hetero) is 1. The maximum Gasteiger partial charge on any atom is 0.433 e. The monoisotopic (exact) mass is 391 g/mol. The van der Waals surface area contributed by atoms with Gasteiger partial charge in [-0.2, -0.15) is 13.2 Å². The van der Waals surface area contributed by atoms with Gasteiger partial charge in [0.2, 0.25) is 0 Å². The molecule has 0 fully saturated rings. The van der Waals surface area contributed by atoms with Crippen LogP contribution in [0.3, 0.4) is 0 Å². The largest absolute Gasteiger partial charge is 0.433 e. The topological polar surface area (TPSA) is 73.2 Å². The lowest BCUT2D eigenvalue weighted by Crippen LogP contribution is -2.23. The Morgan fingerprint density at radius 1 is 1.18 bits per heavy atom. The Bertz CT molecular complexity index is 1010. The van der Waals surface area contributed by atoms with Gasteiger partial charge in [-0.05, 0) is 18.2 Å². The third-order valence-electron chi connectivity index (χ3n) is 4.09. The minimum absolute atomic E-state index is 0.00512. The summed E-state index contributed by atoms with van der Waals surface area (Å²) >= 11 is 0. The summed E-state index contributed by atoms with van der Waals surface area (Å²) < 4.78 is 44.5. The Hall–Kier alpha value is -3.20. The third-order valence-corrected chi connectivity index (χ3v) is 4.09. The number of benzene rings is 1. The number of pyridine rings is 1. The zero-order valence-corrected chi connectivity index (χ0v) is 14.8. The van der Waals surface area contributed by atoms with Crippen LogP contribution in [0.5, 0.6) is 0 Å². The van der Waals surface area contributed by atoms with Crippen molar-refractivity contribution in [3.63, 3.8) is 0 Å². The third kappa shape index (κ3) is 4.04. The molecule has 0 saturated heterocycles. The zero-order valence-electron chi connectivity index (χ0n) is 14.8. The maximum absolute atomic E-state index is 12.6. The van der Waals surface area contributed by atoms with Crippen molar-refractivity contribution in [2.45, 2.75) is 12.7 Å². The first-order chi connectivity index (χ1) is 13.3. The summed E-state index contributed by atoms with van der Waals surface area (Å²) in [5.41, 5.74) is -0.122. The molecule has 1 amide bonds. The number of hydrogen-bond acceptors (Lipinski definition) is 4. The Morgan fingerprint density at radius 2 is 1.93 bits per heavy atom. The van der Waals surface area contributed by atoms with Gasteiger partial charge in [0, 0.05) is 30.8 Å². The van der Waals surface area contributed by atoms with Crippen LogP contribution in [0.2, 0.25) is 0 Å². The van der Waals surface area contributed by atoms with Crippen molar-refractivity contribution in [2.24, 2.45) is 0 Å². The van der Waals surface area contributed by atoms with E-state index in [1.807, 2.05) is 12.1 Å². The lowest BCUT2D eigenvalue weighted by molar-refractivity contribution is -0.141. The minimum atomic E-state index is -4.58. The summed E-state index contributed by atoms with van der Waals surface area (Å²) in [6.45, 7) is 0.921. The molecule has 0 aliphatic heterocycles. The molecular formula is C19H16F3N3O3. The Morgan fingerprint density at radius 3 is 2.57 bits per heavy atom. The number of carbonyl (C=O) groups excluding carboxylic acids is 2. The molecule has 3 rings (SSSR count). The van der Waals surface area contributed by atoms with Crippen molar-refractivity contribution in [3.8, 4) is 0 Å². The first-order valence-corrected chi connectivity index (χ1v) is 8.27. The number of nitrogens with zero attached hydrogens (tertiary/aromatic N) is 2. The summed E-state index contributed by atoms with van der Waals surface area (Å²) in [5, 5.41) is 2.88. The SMILES string of the molecule is COCCn1cc(C(=O)C(=O)Nc2ccc(C(F)(F)F)nc2)c2ccccc21. The molecule has 28 heavy (non-hydrogen) atoms. The van der Waals surface area contributed by atoms with Crippen molar-refractivity contribution in [2.75, 3.05) is 19.0 Å². The van der Waals surface area contributed by atoms with E-state index in [4.69, 9.17) is 4.74 Å². The van der Waals surface area contributed by atoms with Gasteiger partial charge in [0.25, 0.3) is 11.7 Å². The smallest absolute Gasteiger partial charge is 0.383 e. The Labute approximate surface area is 157 Å². The van der Waals surface area contributed by atoms with Crippen LogP contribution in [0.1, 0.15) is 16.1 Å². The molecule has 2 aromatic heterocycles. The fraction of sp³-hybridized carbons (Fsp3) is 0.211. The first kappa shape index (κ1) is 19.6. The number of aromatic nitrogens is 2. The average Bonchev–Trinajstić information content (AvgIpc) is 3.04. The number of rotatable bonds is 6. The van der Waals surface area contributed by atoms with E-state index in [9.17, 15) is 22.8 Å². The number of nitrogens with one attached hydrogen (secondary N) is 1. The number of carbonyl (C=O) groups is 2. The summed E-state index contributed by atoms with van der Waals surface area (Å²) in [5.74, 6) is -1.76. The van der Waals surface area contributed by atoms with Crippen LogP contribution in [0.25, 0.3) is 10.9 Å². The van der Waals surface area contributed by atoms with Crippen LogP contribution in [-0.4, -0.2) is 35.0 Å². The molecular weight excluding hydrogens is 375 g/mol. The van der Waals surface area contributed by atoms with Crippen molar-refractivity contribution in [3.05, 3.63) is 60.0 Å². The molecule has 9 heteroatoms. The number of anilines is 1. The fourth-order valence-electron chi connectivity index (χ4n) is 2.75. The second-order valence-electron chi connectivity index (χ2n) is 5.96. The van der Waals surface area contributed by atoms with Gasteiger partial charge in [0.05, 0.1) is 24.1 Å². The fourth-order valence-corrected chi connectivity index (χ4v) is 2.75. The molecule has 0 unspecified atom stereocenters. The molecule has 3 aromatic rings. The molecule has 0 radical (unpaired) electrons. The van der Waals surface area contributed by atoms with Gasteiger partial charge in [-0.15, -0.1) is 0 Å². The van der Waals surface area contributed by atoms with E-state index in [1.54, 1.807) is 30.0 Å². The van der Waals surface area contributed by atoms with E-state index < -0.39 is 23.6 Å². The van der Waals surface area contributed by atoms with E-state index in [2.05, 4.69) is 10.3 Å². The van der Waals surface area contributed by atoms with Crippen molar-refractivity contribution < 1.29 is 27.5 Å². The maximum atomic E-state index is 12.6. The molecule has 0 aliphatic rings. The molecule has 0 atom stereocenters. The number of hydrogen-bond donors (Lipinski definition) is 1. The predicted octanol–water partition coefficient (Wildman–Crippen LogP) is 3.52. The van der Waals surface area contributed by atoms with Gasteiger partial charge >= 0.3 is 6.18 Å². The number of fused-ring (bicyclic) bond motifs is 1. The van der Waals surface area contributed by atoms with Crippen LogP contribution in [0.4, 0.5) is 18.9 Å². The molecule has 0 aliphatic carbocycles. The number of methoxy groups -OCH3 is 1. The van der Waals surface area contributed by atoms with E-state index in [1.165, 1.54) is 0 Å². The Balaban J connectivity index is 1.83. The minimum Gasteiger partial charge on any atom is -0.383 e. The summed E-state index contributed by atoms with van der Waals surface area (Å²) in [6.07, 6.45) is -2.16. The number of amides is 1. The first-order valence-electron chi connectivity index (χ1n) is 8.27. The number of ketones is 1. The lowest BCUT2D eigenvalue weighted by atomic mass is 10.1. The normalized spacial score (nSPS) is 11.6. The van der Waals surface area contributed by atoms with Crippen LogP contribution >= 0.6 is 0 Å². The van der Waals surface area contributed by atoms with Gasteiger partial charge in [0.1, 0.15) is 5.69 Å². The van der Waals surface area contributed by atoms with Crippen molar-refractivity contribution in [1.29, 1.82) is 0 Å². The number of halogens is 3. The van der Waals surface area contributed by atoms with Crippen molar-refractivity contribution in [1.82, 2.24) is 9.55 Å². The van der Waals surface area contributed by atoms with E-state index >= 15 is 0 Å². The molecule has 146 valence electrons. The standard InChI is InChI=1S/C19H16F3N3O3/c1-28-9-8-25-11-14(13-4-2-3-5-15(13)25)17(26)18(27)24-12-6-7-16(23-10-12)19(20,21)22/h2-7,10-11H,8-9H2,1H3,(H,24,27). The molecule has 0 saturated carbocycles. The highest BCUT2D eigenvalue weighted by Gasteiger charge is 2.32. The number of alkyl halides is 3. The molecule has 1 N–H and O–H groups in total. The second-order valence-corrected chi connectivity index (χ2v) is 5.96. The second kappa shape index (κ2) is 7.81. The van der Waals surface area contributed by atoms with Gasteiger partial charge in [-0.25, -0.2) is 4.98 Å². The van der Waals surface area contributed by atoms with Crippen LogP contribution < -0.4 is 5.32 Å². The number of para-hydroxylation sites is 1. The summed E-state index contributed by atoms with van der Waals surface area (Å²) in [6, 6.07) is 8.88. The highest BCUT2D eigenvalue weighted by molar-refractivity contribution is 6.48. The molecule has 0 bridgehead atoms. The van der Waals surface area contributed by atoms with E-state index in [0.717, 1.165) is 23.8 Å². The van der Waals surface area contributed by atoms with E-state index in [0.29, 0.717) is 18.5 Å². The van der Waals surface area contributed by atoms with Gasteiger partial charge in [-0.1, -0.05) is 18.2 Å². The molecule has 6 nitrogen and oxygen atoms in total. The van der Waals surface area contributed by atoms with Gasteiger partial charge < -0.3 is 14.6 Å². The molecule has 0 spiro atoms. The average molecular weight is 391 g/mol. The van der Waals surface area contributed by atoms with E-state index in [-0.39, 0.29) is 11.3 Å². The van der Waals surface area contributed by atoms with Crippen LogP contribution in [0.15, 0.2) is 48.8 Å². The summed E-state index contributed by atoms with van der Waals surface area (Å²) in [4.78, 5) is 28.2. The predicted molar refractivity (Wildman–Crippen MR) is 96.0 cm³/mol. The lowest BCUT2D eigenvalue weighted by Gasteiger charge is -2.07. The van der Waals surface area contributed by atoms with Gasteiger partial charge in [-0.3, -0.25) is 9.59 Å². The summed E-state index contributed by atoms with van der Waals surface area (Å²) in [7, 11) is 1.56. The number of ether oxygens (including phenoxy) is 1. The van der Waals surface area contributed by atoms with Gasteiger partial charge in [0.15, 0.2) is 0 Å². The van der Waals surface area contributed by atoms with Crippen molar-refractivity contribution >= 4 is 28.3 Å². The Kier molecular flexibility index (Phi) is 5.46. The highest BCUT2D eigenvalue weighted by atomic mass is 19.4. The molecule has 2 heterocycles. The highest BCUT2D eigenvalue weighted by Crippen LogP contribution is 2.28.